The molecule has 0 aromatic rings. The maximum Gasteiger partial charge on any atom is 0.306 e. The standard InChI is InChI=1S/C42H74NO9P/c1-6-8-10-11-12-13-16-20-23-26-29-33-41(45)49-37-40(38-51-53(47,48)50-36-35-43(3,4)5)52-42(46)34-30-27-24-21-18-15-14-17-19-22-25-28-32-39(44)31-9-7-2/h9,14-15,19,21-22,24-25,28,31,39-40,44H,6-8,10-13,16-18,20,23,26-27,29-30,32-38H2,1-5H3/b15-14-,22-19-,24-21-,28-25+,31-9-/t39?,40-/m1/s1. The number of unbranched alkanes of at least 4 members (excludes halogenated alkanes) is 11. The lowest BCUT2D eigenvalue weighted by molar-refractivity contribution is -0.870. The minimum Gasteiger partial charge on any atom is -0.756 e. The highest BCUT2D eigenvalue weighted by molar-refractivity contribution is 7.45. The fourth-order valence-electron chi connectivity index (χ4n) is 4.94. The summed E-state index contributed by atoms with van der Waals surface area (Å²) in [6.07, 6.45) is 36.0. The van der Waals surface area contributed by atoms with Gasteiger partial charge in [0, 0.05) is 12.8 Å². The van der Waals surface area contributed by atoms with E-state index in [1.54, 1.807) is 0 Å². The molecule has 0 radical (unpaired) electrons. The van der Waals surface area contributed by atoms with Crippen LogP contribution in [0.4, 0.5) is 0 Å². The lowest BCUT2D eigenvalue weighted by Gasteiger charge is -2.28. The average Bonchev–Trinajstić information content (AvgIpc) is 3.10. The van der Waals surface area contributed by atoms with Crippen LogP contribution in [0.25, 0.3) is 0 Å². The van der Waals surface area contributed by atoms with E-state index in [1.807, 2.05) is 76.7 Å². The molecular formula is C42H74NO9P. The summed E-state index contributed by atoms with van der Waals surface area (Å²) in [7, 11) is 1.09. The monoisotopic (exact) mass is 768 g/mol. The number of esters is 2. The third-order valence-corrected chi connectivity index (χ3v) is 9.09. The van der Waals surface area contributed by atoms with E-state index in [1.165, 1.54) is 51.4 Å². The number of ether oxygens (including phenoxy) is 2. The van der Waals surface area contributed by atoms with Gasteiger partial charge in [-0.1, -0.05) is 139 Å². The minimum atomic E-state index is -4.65. The molecule has 0 aromatic carbocycles. The number of hydrogen-bond acceptors (Lipinski definition) is 9. The molecule has 0 aliphatic heterocycles. The van der Waals surface area contributed by atoms with Gasteiger partial charge < -0.3 is 33.0 Å². The van der Waals surface area contributed by atoms with Gasteiger partial charge in [-0.2, -0.15) is 0 Å². The molecule has 0 amide bonds. The number of carbonyl (C=O) groups is 2. The van der Waals surface area contributed by atoms with Crippen molar-refractivity contribution in [2.45, 2.75) is 148 Å². The fraction of sp³-hybridized carbons (Fsp3) is 0.714. The predicted molar refractivity (Wildman–Crippen MR) is 214 cm³/mol. The first-order valence-electron chi connectivity index (χ1n) is 20.1. The Morgan fingerprint density at radius 3 is 1.94 bits per heavy atom. The molecule has 0 aliphatic rings. The van der Waals surface area contributed by atoms with Crippen LogP contribution in [0.1, 0.15) is 136 Å². The largest absolute Gasteiger partial charge is 0.756 e. The van der Waals surface area contributed by atoms with E-state index < -0.39 is 38.6 Å². The van der Waals surface area contributed by atoms with Gasteiger partial charge in [0.1, 0.15) is 19.8 Å². The fourth-order valence-corrected chi connectivity index (χ4v) is 5.67. The highest BCUT2D eigenvalue weighted by atomic mass is 31.2. The molecule has 0 saturated heterocycles. The molecule has 0 rings (SSSR count). The Labute approximate surface area is 322 Å². The summed E-state index contributed by atoms with van der Waals surface area (Å²) in [5, 5.41) is 9.76. The van der Waals surface area contributed by atoms with Crippen LogP contribution >= 0.6 is 7.82 Å². The number of rotatable bonds is 35. The van der Waals surface area contributed by atoms with Crippen LogP contribution in [0.5, 0.6) is 0 Å². The van der Waals surface area contributed by atoms with Crippen molar-refractivity contribution in [2.24, 2.45) is 0 Å². The van der Waals surface area contributed by atoms with Gasteiger partial charge in [0.25, 0.3) is 7.82 Å². The number of aliphatic hydroxyl groups excluding tert-OH is 1. The first kappa shape index (κ1) is 50.7. The zero-order valence-corrected chi connectivity index (χ0v) is 34.7. The molecule has 10 nitrogen and oxygen atoms in total. The van der Waals surface area contributed by atoms with Crippen molar-refractivity contribution in [1.29, 1.82) is 0 Å². The second kappa shape index (κ2) is 34.2. The summed E-state index contributed by atoms with van der Waals surface area (Å²) in [4.78, 5) is 37.3. The van der Waals surface area contributed by atoms with Crippen LogP contribution in [0.15, 0.2) is 60.8 Å². The Hall–Kier alpha value is -2.33. The highest BCUT2D eigenvalue weighted by Gasteiger charge is 2.21. The van der Waals surface area contributed by atoms with E-state index in [-0.39, 0.29) is 26.1 Å². The molecule has 53 heavy (non-hydrogen) atoms. The van der Waals surface area contributed by atoms with Crippen LogP contribution in [-0.2, 0) is 32.7 Å². The summed E-state index contributed by atoms with van der Waals surface area (Å²) in [5.41, 5.74) is 0. The van der Waals surface area contributed by atoms with Crippen LogP contribution < -0.4 is 4.89 Å². The Kier molecular flexibility index (Phi) is 32.7. The number of carbonyl (C=O) groups excluding carboxylic acids is 2. The van der Waals surface area contributed by atoms with Crippen molar-refractivity contribution in [3.63, 3.8) is 0 Å². The Bertz CT molecular complexity index is 1110. The Morgan fingerprint density at radius 1 is 0.717 bits per heavy atom. The number of allylic oxidation sites excluding steroid dienone is 8. The van der Waals surface area contributed by atoms with E-state index in [0.29, 0.717) is 36.7 Å². The summed E-state index contributed by atoms with van der Waals surface area (Å²) in [5.74, 6) is -0.932. The van der Waals surface area contributed by atoms with Gasteiger partial charge in [-0.15, -0.1) is 0 Å². The quantitative estimate of drug-likeness (QED) is 0.0167. The van der Waals surface area contributed by atoms with Gasteiger partial charge in [-0.25, -0.2) is 0 Å². The van der Waals surface area contributed by atoms with Crippen molar-refractivity contribution in [2.75, 3.05) is 47.5 Å². The molecule has 0 bridgehead atoms. The molecule has 0 saturated carbocycles. The summed E-state index contributed by atoms with van der Waals surface area (Å²) >= 11 is 0. The minimum absolute atomic E-state index is 0.0509. The molecule has 0 aliphatic carbocycles. The first-order chi connectivity index (χ1) is 25.4. The number of aliphatic hydroxyl groups is 1. The topological polar surface area (TPSA) is 131 Å². The number of hydrogen-bond donors (Lipinski definition) is 1. The van der Waals surface area contributed by atoms with Crippen molar-refractivity contribution >= 4 is 19.8 Å². The van der Waals surface area contributed by atoms with Gasteiger partial charge in [0.2, 0.25) is 0 Å². The van der Waals surface area contributed by atoms with Crippen LogP contribution in [0.2, 0.25) is 0 Å². The number of likely N-dealkylation sites (N-methyl/N-ethyl adjacent to an activating group) is 1. The molecule has 0 heterocycles. The van der Waals surface area contributed by atoms with Gasteiger partial charge in [0.15, 0.2) is 6.10 Å². The van der Waals surface area contributed by atoms with Gasteiger partial charge in [0.05, 0.1) is 33.9 Å². The predicted octanol–water partition coefficient (Wildman–Crippen LogP) is 9.24. The van der Waals surface area contributed by atoms with Gasteiger partial charge in [-0.3, -0.25) is 14.2 Å². The van der Waals surface area contributed by atoms with E-state index in [9.17, 15) is 24.2 Å². The lowest BCUT2D eigenvalue weighted by Crippen LogP contribution is -2.37. The molecule has 0 spiro atoms. The highest BCUT2D eigenvalue weighted by Crippen LogP contribution is 2.38. The molecule has 1 N–H and O–H groups in total. The van der Waals surface area contributed by atoms with Crippen LogP contribution in [0, 0.1) is 0 Å². The zero-order valence-electron chi connectivity index (χ0n) is 33.8. The maximum absolute atomic E-state index is 12.6. The van der Waals surface area contributed by atoms with Crippen molar-refractivity contribution in [3.05, 3.63) is 60.8 Å². The van der Waals surface area contributed by atoms with E-state index in [0.717, 1.165) is 32.1 Å². The number of quaternary nitrogens is 1. The van der Waals surface area contributed by atoms with Crippen molar-refractivity contribution < 1.29 is 47.2 Å². The molecule has 11 heteroatoms. The molecule has 3 atom stereocenters. The molecular weight excluding hydrogens is 693 g/mol. The smallest absolute Gasteiger partial charge is 0.306 e. The normalized spacial score (nSPS) is 14.9. The van der Waals surface area contributed by atoms with E-state index in [2.05, 4.69) is 19.1 Å². The molecule has 2 unspecified atom stereocenters. The SMILES string of the molecule is CC/C=C\C(O)C/C=C/C=C\C/C=C\C/C=C\CCCC(=O)O[C@H](COC(=O)CCCCCCCCCCCCC)COP(=O)([O-])OCC[N+](C)(C)C. The summed E-state index contributed by atoms with van der Waals surface area (Å²) < 4.78 is 33.7. The number of phosphoric ester groups is 1. The second-order valence-electron chi connectivity index (χ2n) is 14.5. The van der Waals surface area contributed by atoms with Crippen LogP contribution in [-0.4, -0.2) is 81.2 Å². The third kappa shape index (κ3) is 37.8. The Balaban J connectivity index is 4.56. The summed E-state index contributed by atoms with van der Waals surface area (Å²) in [6.45, 7) is 3.87. The molecule has 0 aromatic heterocycles. The van der Waals surface area contributed by atoms with E-state index >= 15 is 0 Å². The number of phosphoric acid groups is 1. The molecule has 306 valence electrons. The van der Waals surface area contributed by atoms with Crippen molar-refractivity contribution in [1.82, 2.24) is 0 Å². The lowest BCUT2D eigenvalue weighted by atomic mass is 10.1. The molecule has 0 fully saturated rings. The third-order valence-electron chi connectivity index (χ3n) is 8.13. The van der Waals surface area contributed by atoms with Gasteiger partial charge in [-0.05, 0) is 44.9 Å². The number of nitrogens with zero attached hydrogens (tertiary/aromatic N) is 1. The summed E-state index contributed by atoms with van der Waals surface area (Å²) in [6, 6.07) is 0. The first-order valence-corrected chi connectivity index (χ1v) is 21.6. The zero-order chi connectivity index (χ0) is 39.5. The average molecular weight is 768 g/mol. The van der Waals surface area contributed by atoms with Crippen molar-refractivity contribution in [3.8, 4) is 0 Å². The van der Waals surface area contributed by atoms with Gasteiger partial charge >= 0.3 is 11.9 Å². The second-order valence-corrected chi connectivity index (χ2v) is 15.9. The maximum atomic E-state index is 12.6. The Morgan fingerprint density at radius 2 is 1.30 bits per heavy atom. The van der Waals surface area contributed by atoms with Crippen LogP contribution in [0.3, 0.4) is 0 Å². The van der Waals surface area contributed by atoms with E-state index in [4.69, 9.17) is 18.5 Å².